The fraction of sp³-hybridized carbons (Fsp3) is 0.357. The lowest BCUT2D eigenvalue weighted by Crippen LogP contribution is -2.39. The first-order chi connectivity index (χ1) is 9.95. The first-order valence-corrected chi connectivity index (χ1v) is 7.36. The predicted octanol–water partition coefficient (Wildman–Crippen LogP) is 1.91. The van der Waals surface area contributed by atoms with E-state index < -0.39 is 23.7 Å². The molecule has 1 atom stereocenters. The minimum absolute atomic E-state index is 0.00485. The van der Waals surface area contributed by atoms with Gasteiger partial charge in [0.1, 0.15) is 17.9 Å². The van der Waals surface area contributed by atoms with Gasteiger partial charge < -0.3 is 10.4 Å². The molecular weight excluding hydrogens is 295 g/mol. The van der Waals surface area contributed by atoms with Gasteiger partial charge in [0.2, 0.25) is 5.91 Å². The third kappa shape index (κ3) is 5.44. The number of carboxylic acids is 1. The molecule has 0 aliphatic rings. The maximum Gasteiger partial charge on any atom is 0.326 e. The molecular formula is C14H15FN2O3S. The van der Waals surface area contributed by atoms with Crippen molar-refractivity contribution >= 4 is 23.6 Å². The van der Waals surface area contributed by atoms with Crippen molar-refractivity contribution in [1.29, 1.82) is 5.26 Å². The molecule has 112 valence electrons. The molecule has 0 saturated carbocycles. The molecule has 0 heterocycles. The van der Waals surface area contributed by atoms with Crippen molar-refractivity contribution < 1.29 is 19.1 Å². The van der Waals surface area contributed by atoms with Crippen LogP contribution in [0.2, 0.25) is 0 Å². The Morgan fingerprint density at radius 2 is 2.24 bits per heavy atom. The van der Waals surface area contributed by atoms with Gasteiger partial charge in [-0.15, -0.1) is 0 Å². The van der Waals surface area contributed by atoms with E-state index in [2.05, 4.69) is 5.32 Å². The van der Waals surface area contributed by atoms with Crippen LogP contribution in [0.1, 0.15) is 24.5 Å². The molecule has 0 aromatic heterocycles. The van der Waals surface area contributed by atoms with Crippen LogP contribution < -0.4 is 5.32 Å². The van der Waals surface area contributed by atoms with Crippen LogP contribution in [0.3, 0.4) is 0 Å². The predicted molar refractivity (Wildman–Crippen MR) is 77.1 cm³/mol. The normalized spacial score (nSPS) is 11.5. The summed E-state index contributed by atoms with van der Waals surface area (Å²) in [5.74, 6) is -1.24. The zero-order valence-electron chi connectivity index (χ0n) is 11.4. The lowest BCUT2D eigenvalue weighted by molar-refractivity contribution is -0.141. The summed E-state index contributed by atoms with van der Waals surface area (Å²) in [7, 11) is 0. The highest BCUT2D eigenvalue weighted by Crippen LogP contribution is 2.19. The van der Waals surface area contributed by atoms with Crippen molar-refractivity contribution in [3.8, 4) is 6.07 Å². The number of rotatable bonds is 7. The molecule has 5 nitrogen and oxygen atoms in total. The summed E-state index contributed by atoms with van der Waals surface area (Å²) in [6, 6.07) is 5.43. The van der Waals surface area contributed by atoms with Crippen LogP contribution in [-0.4, -0.2) is 28.8 Å². The number of hydrogen-bond acceptors (Lipinski definition) is 4. The van der Waals surface area contributed by atoms with E-state index in [9.17, 15) is 14.0 Å². The molecule has 7 heteroatoms. The summed E-state index contributed by atoms with van der Waals surface area (Å²) < 4.78 is 13.8. The number of nitrogens with zero attached hydrogens (tertiary/aromatic N) is 1. The van der Waals surface area contributed by atoms with Gasteiger partial charge in [0.05, 0.1) is 5.56 Å². The third-order valence-corrected chi connectivity index (χ3v) is 3.72. The van der Waals surface area contributed by atoms with E-state index in [1.807, 2.05) is 0 Å². The van der Waals surface area contributed by atoms with Gasteiger partial charge in [-0.25, -0.2) is 9.18 Å². The van der Waals surface area contributed by atoms with Crippen molar-refractivity contribution in [2.24, 2.45) is 0 Å². The molecule has 1 rings (SSSR count). The van der Waals surface area contributed by atoms with Gasteiger partial charge in [-0.2, -0.15) is 17.0 Å². The van der Waals surface area contributed by atoms with E-state index >= 15 is 0 Å². The summed E-state index contributed by atoms with van der Waals surface area (Å²) in [6.07, 6.45) is 0.249. The summed E-state index contributed by atoms with van der Waals surface area (Å²) in [6.45, 7) is 1.26. The molecule has 1 unspecified atom stereocenters. The van der Waals surface area contributed by atoms with Crippen LogP contribution in [0, 0.1) is 17.1 Å². The highest BCUT2D eigenvalue weighted by Gasteiger charge is 2.17. The number of carbonyl (C=O) groups excluding carboxylic acids is 1. The molecule has 0 radical (unpaired) electrons. The van der Waals surface area contributed by atoms with Gasteiger partial charge in [-0.1, -0.05) is 12.1 Å². The standard InChI is InChI=1S/C14H15FN2O3S/c1-9(18)17-12(14(19)20)5-6-21-8-11-4-2-3-10(7-16)13(11)15/h2-4,12H,5-6,8H2,1H3,(H,17,18)(H,19,20). The third-order valence-electron chi connectivity index (χ3n) is 2.68. The van der Waals surface area contributed by atoms with E-state index in [-0.39, 0.29) is 12.0 Å². The molecule has 1 aromatic rings. The highest BCUT2D eigenvalue weighted by atomic mass is 32.2. The number of carbonyl (C=O) groups is 2. The SMILES string of the molecule is CC(=O)NC(CCSCc1cccc(C#N)c1F)C(=O)O. The molecule has 0 saturated heterocycles. The van der Waals surface area contributed by atoms with Crippen LogP contribution in [0.5, 0.6) is 0 Å². The minimum atomic E-state index is -1.09. The number of nitrogens with one attached hydrogen (secondary N) is 1. The Balaban J connectivity index is 2.49. The van der Waals surface area contributed by atoms with Gasteiger partial charge in [0.15, 0.2) is 0 Å². The van der Waals surface area contributed by atoms with Crippen molar-refractivity contribution in [3.05, 3.63) is 35.1 Å². The second-order valence-corrected chi connectivity index (χ2v) is 5.43. The average molecular weight is 310 g/mol. The van der Waals surface area contributed by atoms with E-state index in [4.69, 9.17) is 10.4 Å². The van der Waals surface area contributed by atoms with Crippen LogP contribution >= 0.6 is 11.8 Å². The van der Waals surface area contributed by atoms with Gasteiger partial charge >= 0.3 is 5.97 Å². The summed E-state index contributed by atoms with van der Waals surface area (Å²) in [5, 5.41) is 20.0. The van der Waals surface area contributed by atoms with Gasteiger partial charge in [0, 0.05) is 12.7 Å². The molecule has 21 heavy (non-hydrogen) atoms. The second kappa shape index (κ2) is 8.27. The largest absolute Gasteiger partial charge is 0.480 e. The van der Waals surface area contributed by atoms with Crippen LogP contribution in [0.4, 0.5) is 4.39 Å². The number of aliphatic carboxylic acids is 1. The molecule has 0 bridgehead atoms. The maximum atomic E-state index is 13.8. The summed E-state index contributed by atoms with van der Waals surface area (Å²) in [5.41, 5.74) is 0.403. The number of nitriles is 1. The Morgan fingerprint density at radius 3 is 2.81 bits per heavy atom. The van der Waals surface area contributed by atoms with E-state index in [0.717, 1.165) is 0 Å². The molecule has 2 N–H and O–H groups in total. The van der Waals surface area contributed by atoms with Crippen molar-refractivity contribution in [3.63, 3.8) is 0 Å². The lowest BCUT2D eigenvalue weighted by Gasteiger charge is -2.12. The Morgan fingerprint density at radius 1 is 1.52 bits per heavy atom. The van der Waals surface area contributed by atoms with Gasteiger partial charge in [-0.3, -0.25) is 4.79 Å². The fourth-order valence-electron chi connectivity index (χ4n) is 1.66. The zero-order valence-corrected chi connectivity index (χ0v) is 12.2. The van der Waals surface area contributed by atoms with E-state index in [1.54, 1.807) is 18.2 Å². The number of carboxylic acid groups (broad SMARTS) is 1. The highest BCUT2D eigenvalue weighted by molar-refractivity contribution is 7.98. The molecule has 1 aromatic carbocycles. The fourth-order valence-corrected chi connectivity index (χ4v) is 2.65. The molecule has 1 amide bonds. The van der Waals surface area contributed by atoms with Crippen LogP contribution in [-0.2, 0) is 15.3 Å². The Kier molecular flexibility index (Phi) is 6.69. The van der Waals surface area contributed by atoms with Gasteiger partial charge in [0.25, 0.3) is 0 Å². The quantitative estimate of drug-likeness (QED) is 0.751. The Labute approximate surface area is 126 Å². The van der Waals surface area contributed by atoms with Crippen molar-refractivity contribution in [2.75, 3.05) is 5.75 Å². The first-order valence-electron chi connectivity index (χ1n) is 6.20. The number of hydrogen-bond donors (Lipinski definition) is 2. The first kappa shape index (κ1) is 17.0. The van der Waals surface area contributed by atoms with Crippen molar-refractivity contribution in [2.45, 2.75) is 25.1 Å². The molecule has 0 fully saturated rings. The van der Waals surface area contributed by atoms with E-state index in [0.29, 0.717) is 17.1 Å². The van der Waals surface area contributed by atoms with Crippen molar-refractivity contribution in [1.82, 2.24) is 5.32 Å². The summed E-state index contributed by atoms with van der Waals surface area (Å²) >= 11 is 1.35. The average Bonchev–Trinajstić information content (AvgIpc) is 2.43. The van der Waals surface area contributed by atoms with E-state index in [1.165, 1.54) is 24.8 Å². The second-order valence-electron chi connectivity index (χ2n) is 4.32. The lowest BCUT2D eigenvalue weighted by atomic mass is 10.1. The number of thioether (sulfide) groups is 1. The Hall–Kier alpha value is -2.07. The van der Waals surface area contributed by atoms with Gasteiger partial charge in [-0.05, 0) is 23.8 Å². The number of benzene rings is 1. The molecule has 0 aliphatic carbocycles. The van der Waals surface area contributed by atoms with Crippen LogP contribution in [0.25, 0.3) is 0 Å². The monoisotopic (exact) mass is 310 g/mol. The molecule has 0 spiro atoms. The molecule has 0 aliphatic heterocycles. The Bertz CT molecular complexity index is 572. The topological polar surface area (TPSA) is 90.2 Å². The number of amides is 1. The maximum absolute atomic E-state index is 13.8. The van der Waals surface area contributed by atoms with Crippen LogP contribution in [0.15, 0.2) is 18.2 Å². The zero-order chi connectivity index (χ0) is 15.8. The number of halogens is 1. The smallest absolute Gasteiger partial charge is 0.326 e. The summed E-state index contributed by atoms with van der Waals surface area (Å²) in [4.78, 5) is 21.8. The minimum Gasteiger partial charge on any atom is -0.480 e.